The van der Waals surface area contributed by atoms with E-state index in [1.165, 1.54) is 9.90 Å². The highest BCUT2D eigenvalue weighted by molar-refractivity contribution is 7.99. The van der Waals surface area contributed by atoms with Crippen LogP contribution in [-0.4, -0.2) is 29.8 Å². The Labute approximate surface area is 144 Å². The molecule has 1 amide bonds. The SMILES string of the molecule is CC1=NN(CCOc2ccc3c(c2)Sc2ccccc2N3)C(=O)C1. The number of nitrogens with zero attached hydrogens (tertiary/aromatic N) is 2. The molecule has 4 rings (SSSR count). The summed E-state index contributed by atoms with van der Waals surface area (Å²) in [6.07, 6.45) is 0.417. The molecule has 0 aromatic heterocycles. The summed E-state index contributed by atoms with van der Waals surface area (Å²) in [6, 6.07) is 14.2. The third-order valence-electron chi connectivity index (χ3n) is 3.89. The van der Waals surface area contributed by atoms with Crippen LogP contribution < -0.4 is 10.1 Å². The van der Waals surface area contributed by atoms with Gasteiger partial charge in [-0.05, 0) is 37.3 Å². The van der Waals surface area contributed by atoms with E-state index in [9.17, 15) is 4.79 Å². The molecule has 0 saturated carbocycles. The first-order valence-electron chi connectivity index (χ1n) is 7.84. The molecule has 0 fully saturated rings. The smallest absolute Gasteiger partial charge is 0.248 e. The number of hydrogen-bond donors (Lipinski definition) is 1. The van der Waals surface area contributed by atoms with Crippen molar-refractivity contribution in [1.82, 2.24) is 5.01 Å². The predicted molar refractivity (Wildman–Crippen MR) is 95.2 cm³/mol. The molecule has 2 aliphatic rings. The Morgan fingerprint density at radius 1 is 1.21 bits per heavy atom. The molecule has 0 atom stereocenters. The standard InChI is InChI=1S/C18H17N3O2S/c1-12-10-18(22)21(20-12)8-9-23-13-6-7-15-17(11-13)24-16-5-3-2-4-14(16)19-15/h2-7,11,19H,8-10H2,1H3. The second-order valence-corrected chi connectivity index (χ2v) is 6.84. The first-order valence-corrected chi connectivity index (χ1v) is 8.66. The normalized spacial score (nSPS) is 15.5. The minimum absolute atomic E-state index is 0.0397. The number of carbonyl (C=O) groups is 1. The Morgan fingerprint density at radius 2 is 2.04 bits per heavy atom. The van der Waals surface area contributed by atoms with Crippen molar-refractivity contribution < 1.29 is 9.53 Å². The first kappa shape index (κ1) is 15.1. The highest BCUT2D eigenvalue weighted by Crippen LogP contribution is 2.45. The molecule has 2 heterocycles. The van der Waals surface area contributed by atoms with E-state index in [1.54, 1.807) is 11.8 Å². The fourth-order valence-electron chi connectivity index (χ4n) is 2.73. The molecule has 2 aliphatic heterocycles. The van der Waals surface area contributed by atoms with E-state index in [1.807, 2.05) is 37.3 Å². The number of rotatable bonds is 4. The van der Waals surface area contributed by atoms with Crippen LogP contribution in [0.2, 0.25) is 0 Å². The molecular formula is C18H17N3O2S. The van der Waals surface area contributed by atoms with E-state index in [4.69, 9.17) is 4.74 Å². The zero-order chi connectivity index (χ0) is 16.5. The van der Waals surface area contributed by atoms with Gasteiger partial charge in [0, 0.05) is 15.5 Å². The van der Waals surface area contributed by atoms with Crippen molar-refractivity contribution in [2.75, 3.05) is 18.5 Å². The maximum absolute atomic E-state index is 11.7. The topological polar surface area (TPSA) is 53.9 Å². The van der Waals surface area contributed by atoms with Gasteiger partial charge in [0.2, 0.25) is 5.91 Å². The number of para-hydroxylation sites is 1. The summed E-state index contributed by atoms with van der Waals surface area (Å²) in [5.74, 6) is 0.840. The van der Waals surface area contributed by atoms with Crippen LogP contribution in [0.4, 0.5) is 11.4 Å². The lowest BCUT2D eigenvalue weighted by atomic mass is 10.2. The average molecular weight is 339 g/mol. The molecule has 2 aromatic rings. The summed E-state index contributed by atoms with van der Waals surface area (Å²) < 4.78 is 5.80. The van der Waals surface area contributed by atoms with Crippen LogP contribution in [-0.2, 0) is 4.79 Å². The molecule has 5 nitrogen and oxygen atoms in total. The van der Waals surface area contributed by atoms with E-state index in [2.05, 4.69) is 22.6 Å². The summed E-state index contributed by atoms with van der Waals surface area (Å²) in [6.45, 7) is 2.77. The number of carbonyl (C=O) groups excluding carboxylic acids is 1. The lowest BCUT2D eigenvalue weighted by molar-refractivity contribution is -0.129. The average Bonchev–Trinajstić information content (AvgIpc) is 2.90. The number of benzene rings is 2. The van der Waals surface area contributed by atoms with Gasteiger partial charge in [-0.2, -0.15) is 5.10 Å². The van der Waals surface area contributed by atoms with Gasteiger partial charge in [0.05, 0.1) is 24.3 Å². The largest absolute Gasteiger partial charge is 0.492 e. The van der Waals surface area contributed by atoms with Gasteiger partial charge in [0.15, 0.2) is 0 Å². The lowest BCUT2D eigenvalue weighted by Crippen LogP contribution is -2.26. The molecule has 122 valence electrons. The first-order chi connectivity index (χ1) is 11.7. The van der Waals surface area contributed by atoms with Gasteiger partial charge >= 0.3 is 0 Å². The minimum Gasteiger partial charge on any atom is -0.492 e. The lowest BCUT2D eigenvalue weighted by Gasteiger charge is -2.21. The molecule has 0 spiro atoms. The Hall–Kier alpha value is -2.47. The van der Waals surface area contributed by atoms with Crippen molar-refractivity contribution >= 4 is 34.8 Å². The van der Waals surface area contributed by atoms with Crippen LogP contribution in [0.3, 0.4) is 0 Å². The van der Waals surface area contributed by atoms with Gasteiger partial charge in [0.25, 0.3) is 0 Å². The number of hydrazone groups is 1. The second-order valence-electron chi connectivity index (χ2n) is 5.76. The van der Waals surface area contributed by atoms with Gasteiger partial charge in [-0.25, -0.2) is 5.01 Å². The number of anilines is 2. The van der Waals surface area contributed by atoms with E-state index < -0.39 is 0 Å². The van der Waals surface area contributed by atoms with Crippen molar-refractivity contribution in [2.45, 2.75) is 23.1 Å². The maximum Gasteiger partial charge on any atom is 0.248 e. The third kappa shape index (κ3) is 2.97. The van der Waals surface area contributed by atoms with Crippen LogP contribution in [0.15, 0.2) is 57.4 Å². The third-order valence-corrected chi connectivity index (χ3v) is 5.02. The van der Waals surface area contributed by atoms with E-state index in [0.717, 1.165) is 27.7 Å². The second kappa shape index (κ2) is 6.20. The number of nitrogens with one attached hydrogen (secondary N) is 1. The number of hydrogen-bond acceptors (Lipinski definition) is 5. The van der Waals surface area contributed by atoms with Crippen LogP contribution in [0.5, 0.6) is 5.75 Å². The summed E-state index contributed by atoms with van der Waals surface area (Å²) in [5.41, 5.74) is 3.07. The molecule has 0 radical (unpaired) electrons. The molecule has 0 unspecified atom stereocenters. The monoisotopic (exact) mass is 339 g/mol. The number of ether oxygens (including phenoxy) is 1. The van der Waals surface area contributed by atoms with Gasteiger partial charge in [-0.3, -0.25) is 4.79 Å². The zero-order valence-electron chi connectivity index (χ0n) is 13.3. The fourth-order valence-corrected chi connectivity index (χ4v) is 3.75. The van der Waals surface area contributed by atoms with Crippen molar-refractivity contribution in [3.8, 4) is 5.75 Å². The van der Waals surface area contributed by atoms with E-state index in [0.29, 0.717) is 19.6 Å². The summed E-state index contributed by atoms with van der Waals surface area (Å²) in [7, 11) is 0. The van der Waals surface area contributed by atoms with Crippen LogP contribution in [0, 0.1) is 0 Å². The fraction of sp³-hybridized carbons (Fsp3) is 0.222. The maximum atomic E-state index is 11.7. The molecule has 2 aromatic carbocycles. The number of amides is 1. The van der Waals surface area contributed by atoms with E-state index >= 15 is 0 Å². The molecule has 1 N–H and O–H groups in total. The van der Waals surface area contributed by atoms with Crippen molar-refractivity contribution in [3.63, 3.8) is 0 Å². The molecule has 24 heavy (non-hydrogen) atoms. The number of fused-ring (bicyclic) bond motifs is 2. The molecule has 0 saturated heterocycles. The minimum atomic E-state index is 0.0397. The zero-order valence-corrected chi connectivity index (χ0v) is 14.1. The van der Waals surface area contributed by atoms with Crippen molar-refractivity contribution in [1.29, 1.82) is 0 Å². The van der Waals surface area contributed by atoms with Gasteiger partial charge < -0.3 is 10.1 Å². The molecule has 6 heteroatoms. The Kier molecular flexibility index (Phi) is 3.90. The molecule has 0 aliphatic carbocycles. The quantitative estimate of drug-likeness (QED) is 0.784. The van der Waals surface area contributed by atoms with Crippen molar-refractivity contribution in [2.24, 2.45) is 5.10 Å². The van der Waals surface area contributed by atoms with Gasteiger partial charge in [0.1, 0.15) is 12.4 Å². The summed E-state index contributed by atoms with van der Waals surface area (Å²) in [5, 5.41) is 9.12. The van der Waals surface area contributed by atoms with Crippen LogP contribution >= 0.6 is 11.8 Å². The van der Waals surface area contributed by atoms with Crippen LogP contribution in [0.25, 0.3) is 0 Å². The van der Waals surface area contributed by atoms with Gasteiger partial charge in [-0.15, -0.1) is 0 Å². The molecular weight excluding hydrogens is 322 g/mol. The van der Waals surface area contributed by atoms with Gasteiger partial charge in [-0.1, -0.05) is 23.9 Å². The summed E-state index contributed by atoms with van der Waals surface area (Å²) in [4.78, 5) is 14.0. The van der Waals surface area contributed by atoms with Crippen LogP contribution in [0.1, 0.15) is 13.3 Å². The molecule has 0 bridgehead atoms. The Bertz CT molecular complexity index is 835. The Morgan fingerprint density at radius 3 is 2.88 bits per heavy atom. The highest BCUT2D eigenvalue weighted by atomic mass is 32.2. The summed E-state index contributed by atoms with van der Waals surface area (Å²) >= 11 is 1.73. The Balaban J connectivity index is 1.41. The highest BCUT2D eigenvalue weighted by Gasteiger charge is 2.21. The van der Waals surface area contributed by atoms with Crippen molar-refractivity contribution in [3.05, 3.63) is 42.5 Å². The van der Waals surface area contributed by atoms with E-state index in [-0.39, 0.29) is 5.91 Å². The predicted octanol–water partition coefficient (Wildman–Crippen LogP) is 3.88.